The second kappa shape index (κ2) is 5.42. The number of hydrogen-bond acceptors (Lipinski definition) is 1. The molecular formula is C14H17N2+. The van der Waals surface area contributed by atoms with Gasteiger partial charge in [-0.2, -0.15) is 0 Å². The summed E-state index contributed by atoms with van der Waals surface area (Å²) in [7, 11) is 2.21. The van der Waals surface area contributed by atoms with Crippen LogP contribution in [-0.4, -0.2) is 12.0 Å². The molecule has 2 heteroatoms. The molecule has 2 aromatic rings. The molecule has 0 saturated carbocycles. The highest BCUT2D eigenvalue weighted by Crippen LogP contribution is 1.96. The van der Waals surface area contributed by atoms with E-state index in [1.807, 2.05) is 18.5 Å². The zero-order chi connectivity index (χ0) is 11.2. The third kappa shape index (κ3) is 3.17. The molecule has 0 saturated heterocycles. The van der Waals surface area contributed by atoms with Gasteiger partial charge < -0.3 is 4.90 Å². The summed E-state index contributed by atoms with van der Waals surface area (Å²) in [5, 5.41) is 0. The second-order valence-corrected chi connectivity index (χ2v) is 4.16. The summed E-state index contributed by atoms with van der Waals surface area (Å²) in [6.07, 6.45) is 3.75. The molecule has 1 unspecified atom stereocenters. The normalized spacial score (nSPS) is 12.3. The Hall–Kier alpha value is -1.67. The predicted octanol–water partition coefficient (Wildman–Crippen LogP) is 1.30. The SMILES string of the molecule is C[NH+](Cc1ccccc1)Cc1cccnc1. The zero-order valence-electron chi connectivity index (χ0n) is 9.56. The lowest BCUT2D eigenvalue weighted by Crippen LogP contribution is -3.06. The Labute approximate surface area is 96.6 Å². The van der Waals surface area contributed by atoms with Crippen molar-refractivity contribution < 1.29 is 4.90 Å². The largest absolute Gasteiger partial charge is 0.330 e. The van der Waals surface area contributed by atoms with Crippen molar-refractivity contribution in [3.63, 3.8) is 0 Å². The van der Waals surface area contributed by atoms with Crippen molar-refractivity contribution in [1.82, 2.24) is 4.98 Å². The molecule has 0 aliphatic carbocycles. The molecule has 82 valence electrons. The van der Waals surface area contributed by atoms with E-state index in [1.165, 1.54) is 16.0 Å². The minimum atomic E-state index is 1.02. The smallest absolute Gasteiger partial charge is 0.104 e. The van der Waals surface area contributed by atoms with Crippen molar-refractivity contribution in [2.24, 2.45) is 0 Å². The summed E-state index contributed by atoms with van der Waals surface area (Å²) in [5.74, 6) is 0. The number of nitrogens with one attached hydrogen (secondary N) is 1. The first kappa shape index (κ1) is 10.8. The summed E-state index contributed by atoms with van der Waals surface area (Å²) >= 11 is 0. The van der Waals surface area contributed by atoms with E-state index in [9.17, 15) is 0 Å². The molecule has 2 rings (SSSR count). The molecule has 1 atom stereocenters. The number of rotatable bonds is 4. The fourth-order valence-corrected chi connectivity index (χ4v) is 1.86. The second-order valence-electron chi connectivity index (χ2n) is 4.16. The van der Waals surface area contributed by atoms with Gasteiger partial charge in [0.25, 0.3) is 0 Å². The van der Waals surface area contributed by atoms with Crippen LogP contribution in [0.3, 0.4) is 0 Å². The fourth-order valence-electron chi connectivity index (χ4n) is 1.86. The summed E-state index contributed by atoms with van der Waals surface area (Å²) < 4.78 is 0. The predicted molar refractivity (Wildman–Crippen MR) is 65.0 cm³/mol. The van der Waals surface area contributed by atoms with Gasteiger partial charge in [-0.15, -0.1) is 0 Å². The van der Waals surface area contributed by atoms with E-state index in [4.69, 9.17) is 0 Å². The van der Waals surface area contributed by atoms with Gasteiger partial charge in [0.2, 0.25) is 0 Å². The molecule has 0 aliphatic rings. The Morgan fingerprint density at radius 3 is 2.31 bits per heavy atom. The van der Waals surface area contributed by atoms with E-state index in [-0.39, 0.29) is 0 Å². The monoisotopic (exact) mass is 213 g/mol. The van der Waals surface area contributed by atoms with E-state index in [1.54, 1.807) is 0 Å². The Kier molecular flexibility index (Phi) is 3.67. The number of nitrogens with zero attached hydrogens (tertiary/aromatic N) is 1. The topological polar surface area (TPSA) is 17.3 Å². The molecule has 16 heavy (non-hydrogen) atoms. The first-order valence-corrected chi connectivity index (χ1v) is 5.59. The third-order valence-corrected chi connectivity index (χ3v) is 2.58. The van der Waals surface area contributed by atoms with Gasteiger partial charge in [-0.1, -0.05) is 36.4 Å². The van der Waals surface area contributed by atoms with Gasteiger partial charge in [-0.05, 0) is 6.07 Å². The highest BCUT2D eigenvalue weighted by molar-refractivity contribution is 5.13. The van der Waals surface area contributed by atoms with Crippen molar-refractivity contribution in [1.29, 1.82) is 0 Å². The molecule has 0 aliphatic heterocycles. The van der Waals surface area contributed by atoms with Crippen molar-refractivity contribution in [3.8, 4) is 0 Å². The van der Waals surface area contributed by atoms with Gasteiger partial charge in [0, 0.05) is 23.5 Å². The summed E-state index contributed by atoms with van der Waals surface area (Å²) in [5.41, 5.74) is 2.67. The van der Waals surface area contributed by atoms with E-state index < -0.39 is 0 Å². The number of quaternary nitrogens is 1. The number of benzene rings is 1. The third-order valence-electron chi connectivity index (χ3n) is 2.58. The van der Waals surface area contributed by atoms with Gasteiger partial charge in [0.1, 0.15) is 13.1 Å². The maximum atomic E-state index is 4.13. The quantitative estimate of drug-likeness (QED) is 0.810. The molecule has 0 amide bonds. The van der Waals surface area contributed by atoms with Crippen LogP contribution in [-0.2, 0) is 13.1 Å². The van der Waals surface area contributed by atoms with Crippen LogP contribution in [0.25, 0.3) is 0 Å². The molecule has 1 heterocycles. The maximum Gasteiger partial charge on any atom is 0.104 e. The Morgan fingerprint density at radius 2 is 1.62 bits per heavy atom. The summed E-state index contributed by atoms with van der Waals surface area (Å²) in [4.78, 5) is 5.60. The van der Waals surface area contributed by atoms with Crippen LogP contribution >= 0.6 is 0 Å². The molecule has 2 nitrogen and oxygen atoms in total. The van der Waals surface area contributed by atoms with E-state index in [2.05, 4.69) is 48.4 Å². The van der Waals surface area contributed by atoms with Gasteiger partial charge in [0.15, 0.2) is 0 Å². The molecule has 1 aromatic carbocycles. The van der Waals surface area contributed by atoms with Crippen LogP contribution in [0.4, 0.5) is 0 Å². The van der Waals surface area contributed by atoms with Crippen molar-refractivity contribution in [2.75, 3.05) is 7.05 Å². The van der Waals surface area contributed by atoms with Crippen LogP contribution in [0.5, 0.6) is 0 Å². The average molecular weight is 213 g/mol. The van der Waals surface area contributed by atoms with Crippen LogP contribution in [0.2, 0.25) is 0 Å². The Balaban J connectivity index is 1.92. The standard InChI is InChI=1S/C14H16N2/c1-16(11-13-6-3-2-4-7-13)12-14-8-5-9-15-10-14/h2-10H,11-12H2,1H3/p+1. The van der Waals surface area contributed by atoms with E-state index in [0.29, 0.717) is 0 Å². The van der Waals surface area contributed by atoms with E-state index in [0.717, 1.165) is 13.1 Å². The zero-order valence-corrected chi connectivity index (χ0v) is 9.56. The number of hydrogen-bond donors (Lipinski definition) is 1. The highest BCUT2D eigenvalue weighted by Gasteiger charge is 2.04. The first-order valence-electron chi connectivity index (χ1n) is 5.59. The van der Waals surface area contributed by atoms with Crippen LogP contribution in [0.15, 0.2) is 54.9 Å². The molecule has 0 fully saturated rings. The van der Waals surface area contributed by atoms with Crippen LogP contribution in [0.1, 0.15) is 11.1 Å². The fraction of sp³-hybridized carbons (Fsp3) is 0.214. The van der Waals surface area contributed by atoms with Crippen molar-refractivity contribution in [2.45, 2.75) is 13.1 Å². The molecule has 0 spiro atoms. The van der Waals surface area contributed by atoms with Gasteiger partial charge in [0.05, 0.1) is 7.05 Å². The van der Waals surface area contributed by atoms with Crippen LogP contribution < -0.4 is 4.90 Å². The van der Waals surface area contributed by atoms with Crippen molar-refractivity contribution in [3.05, 3.63) is 66.0 Å². The number of aromatic nitrogens is 1. The lowest BCUT2D eigenvalue weighted by atomic mass is 10.2. The average Bonchev–Trinajstić information content (AvgIpc) is 2.31. The lowest BCUT2D eigenvalue weighted by Gasteiger charge is -2.13. The molecule has 1 N–H and O–H groups in total. The van der Waals surface area contributed by atoms with Gasteiger partial charge >= 0.3 is 0 Å². The van der Waals surface area contributed by atoms with Gasteiger partial charge in [-0.25, -0.2) is 0 Å². The van der Waals surface area contributed by atoms with Crippen LogP contribution in [0, 0.1) is 0 Å². The lowest BCUT2D eigenvalue weighted by molar-refractivity contribution is -0.907. The molecule has 0 bridgehead atoms. The highest BCUT2D eigenvalue weighted by atomic mass is 15.1. The first-order chi connectivity index (χ1) is 7.84. The minimum Gasteiger partial charge on any atom is -0.330 e. The van der Waals surface area contributed by atoms with Crippen molar-refractivity contribution >= 4 is 0 Å². The summed E-state index contributed by atoms with van der Waals surface area (Å²) in [6.45, 7) is 2.07. The maximum absolute atomic E-state index is 4.13. The summed E-state index contributed by atoms with van der Waals surface area (Å²) in [6, 6.07) is 14.7. The molecular weight excluding hydrogens is 196 g/mol. The molecule has 1 aromatic heterocycles. The van der Waals surface area contributed by atoms with Gasteiger partial charge in [-0.3, -0.25) is 4.98 Å². The number of pyridine rings is 1. The Morgan fingerprint density at radius 1 is 0.938 bits per heavy atom. The van der Waals surface area contributed by atoms with E-state index >= 15 is 0 Å². The minimum absolute atomic E-state index is 1.02. The molecule has 0 radical (unpaired) electrons. The Bertz CT molecular complexity index is 370.